The van der Waals surface area contributed by atoms with E-state index in [2.05, 4.69) is 5.32 Å². The minimum absolute atomic E-state index is 0.0139. The van der Waals surface area contributed by atoms with Crippen molar-refractivity contribution in [1.29, 1.82) is 0 Å². The molecule has 0 saturated heterocycles. The maximum Gasteiger partial charge on any atom is 0.253 e. The fraction of sp³-hybridized carbons (Fsp3) is 0.562. The lowest BCUT2D eigenvalue weighted by Gasteiger charge is -2.12. The molecular weight excluding hydrogens is 236 g/mol. The standard InChI is InChI=1S/C16H20N2O/c1-8-2-5-12(17)11(6-8)16(19)18-15-13-9-3-4-10(7-9)14(13)15/h2,5-6,9-10,13-15H,3-4,7,17H2,1H3,(H,18,19). The maximum absolute atomic E-state index is 12.3. The second-order valence-corrected chi connectivity index (χ2v) is 6.58. The molecule has 3 saturated carbocycles. The van der Waals surface area contributed by atoms with Crippen molar-refractivity contribution in [3.05, 3.63) is 29.3 Å². The average Bonchev–Trinajstić information content (AvgIpc) is 2.80. The first-order valence-corrected chi connectivity index (χ1v) is 7.32. The highest BCUT2D eigenvalue weighted by Crippen LogP contribution is 2.65. The van der Waals surface area contributed by atoms with Crippen LogP contribution in [0.15, 0.2) is 18.2 Å². The van der Waals surface area contributed by atoms with E-state index in [1.807, 2.05) is 25.1 Å². The molecule has 3 aliphatic rings. The summed E-state index contributed by atoms with van der Waals surface area (Å²) in [6.07, 6.45) is 4.17. The molecule has 0 aliphatic heterocycles. The van der Waals surface area contributed by atoms with Crippen molar-refractivity contribution in [3.8, 4) is 0 Å². The molecule has 0 heterocycles. The van der Waals surface area contributed by atoms with Gasteiger partial charge >= 0.3 is 0 Å². The smallest absolute Gasteiger partial charge is 0.253 e. The number of rotatable bonds is 2. The van der Waals surface area contributed by atoms with E-state index in [4.69, 9.17) is 5.73 Å². The summed E-state index contributed by atoms with van der Waals surface area (Å²) in [4.78, 5) is 12.3. The summed E-state index contributed by atoms with van der Waals surface area (Å²) in [6, 6.07) is 6.08. The van der Waals surface area contributed by atoms with Gasteiger partial charge in [0.15, 0.2) is 0 Å². The van der Waals surface area contributed by atoms with Crippen LogP contribution in [0.5, 0.6) is 0 Å². The molecular formula is C16H20N2O. The Hall–Kier alpha value is -1.51. The van der Waals surface area contributed by atoms with Gasteiger partial charge in [-0.05, 0) is 62.0 Å². The molecule has 4 rings (SSSR count). The van der Waals surface area contributed by atoms with Gasteiger partial charge in [0.2, 0.25) is 0 Å². The number of carbonyl (C=O) groups is 1. The Morgan fingerprint density at radius 3 is 2.63 bits per heavy atom. The van der Waals surface area contributed by atoms with Crippen LogP contribution in [0.2, 0.25) is 0 Å². The number of nitrogen functional groups attached to an aromatic ring is 1. The summed E-state index contributed by atoms with van der Waals surface area (Å²) in [7, 11) is 0. The lowest BCUT2D eigenvalue weighted by atomic mass is 10.0. The number of benzene rings is 1. The molecule has 3 fully saturated rings. The van der Waals surface area contributed by atoms with E-state index in [0.717, 1.165) is 29.2 Å². The Bertz CT molecular complexity index is 538. The van der Waals surface area contributed by atoms with Crippen LogP contribution >= 0.6 is 0 Å². The van der Waals surface area contributed by atoms with Crippen molar-refractivity contribution in [2.45, 2.75) is 32.2 Å². The number of nitrogens with one attached hydrogen (secondary N) is 1. The molecule has 1 amide bonds. The summed E-state index contributed by atoms with van der Waals surface area (Å²) in [5, 5.41) is 3.22. The summed E-state index contributed by atoms with van der Waals surface area (Å²) in [5.41, 5.74) is 8.20. The van der Waals surface area contributed by atoms with Crippen LogP contribution < -0.4 is 11.1 Å². The molecule has 0 spiro atoms. The number of hydrogen-bond donors (Lipinski definition) is 2. The molecule has 3 heteroatoms. The topological polar surface area (TPSA) is 55.1 Å². The molecule has 4 unspecified atom stereocenters. The second kappa shape index (κ2) is 3.75. The number of anilines is 1. The van der Waals surface area contributed by atoms with Gasteiger partial charge in [-0.15, -0.1) is 0 Å². The largest absolute Gasteiger partial charge is 0.398 e. The summed E-state index contributed by atoms with van der Waals surface area (Å²) < 4.78 is 0. The van der Waals surface area contributed by atoms with Crippen LogP contribution in [0.3, 0.4) is 0 Å². The Balaban J connectivity index is 1.50. The van der Waals surface area contributed by atoms with E-state index in [1.165, 1.54) is 19.3 Å². The SMILES string of the molecule is Cc1ccc(N)c(C(=O)NC2C3C4CCC(C4)C23)c1. The quantitative estimate of drug-likeness (QED) is 0.798. The Labute approximate surface area is 113 Å². The molecule has 100 valence electrons. The van der Waals surface area contributed by atoms with Crippen LogP contribution in [0, 0.1) is 30.6 Å². The number of aryl methyl sites for hydroxylation is 1. The summed E-state index contributed by atoms with van der Waals surface area (Å²) >= 11 is 0. The van der Waals surface area contributed by atoms with Crippen molar-refractivity contribution < 1.29 is 4.79 Å². The van der Waals surface area contributed by atoms with Crippen molar-refractivity contribution in [2.24, 2.45) is 23.7 Å². The van der Waals surface area contributed by atoms with Crippen LogP contribution in [-0.4, -0.2) is 11.9 Å². The molecule has 19 heavy (non-hydrogen) atoms. The van der Waals surface area contributed by atoms with Gasteiger partial charge in [0, 0.05) is 11.7 Å². The third kappa shape index (κ3) is 1.60. The van der Waals surface area contributed by atoms with E-state index in [-0.39, 0.29) is 5.91 Å². The molecule has 3 nitrogen and oxygen atoms in total. The highest BCUT2D eigenvalue weighted by molar-refractivity contribution is 5.99. The predicted molar refractivity (Wildman–Crippen MR) is 74.7 cm³/mol. The van der Waals surface area contributed by atoms with Crippen molar-refractivity contribution >= 4 is 11.6 Å². The van der Waals surface area contributed by atoms with E-state index in [1.54, 1.807) is 0 Å². The average molecular weight is 256 g/mol. The van der Waals surface area contributed by atoms with Gasteiger partial charge in [-0.1, -0.05) is 11.6 Å². The molecule has 3 N–H and O–H groups in total. The van der Waals surface area contributed by atoms with Crippen LogP contribution in [0.4, 0.5) is 5.69 Å². The molecule has 0 aromatic heterocycles. The maximum atomic E-state index is 12.3. The molecule has 1 aromatic rings. The Morgan fingerprint density at radius 2 is 1.95 bits per heavy atom. The Morgan fingerprint density at radius 1 is 1.26 bits per heavy atom. The molecule has 1 aromatic carbocycles. The molecule has 4 atom stereocenters. The summed E-state index contributed by atoms with van der Waals surface area (Å²) in [6.45, 7) is 1.99. The number of hydrogen-bond acceptors (Lipinski definition) is 2. The van der Waals surface area contributed by atoms with Crippen molar-refractivity contribution in [2.75, 3.05) is 5.73 Å². The van der Waals surface area contributed by atoms with Gasteiger partial charge in [-0.2, -0.15) is 0 Å². The number of fused-ring (bicyclic) bond motifs is 5. The first kappa shape index (κ1) is 11.3. The molecule has 2 bridgehead atoms. The van der Waals surface area contributed by atoms with E-state index < -0.39 is 0 Å². The van der Waals surface area contributed by atoms with Gasteiger partial charge in [-0.25, -0.2) is 0 Å². The van der Waals surface area contributed by atoms with Gasteiger partial charge in [0.05, 0.1) is 5.56 Å². The number of amides is 1. The monoisotopic (exact) mass is 256 g/mol. The van der Waals surface area contributed by atoms with Crippen molar-refractivity contribution in [3.63, 3.8) is 0 Å². The Kier molecular flexibility index (Phi) is 2.23. The molecule has 0 radical (unpaired) electrons. The van der Waals surface area contributed by atoms with Gasteiger partial charge in [0.1, 0.15) is 0 Å². The third-order valence-electron chi connectivity index (χ3n) is 5.49. The number of nitrogens with two attached hydrogens (primary N) is 1. The predicted octanol–water partition coefficient (Wildman–Crippen LogP) is 2.35. The minimum atomic E-state index is 0.0139. The highest BCUT2D eigenvalue weighted by atomic mass is 16.1. The van der Waals surface area contributed by atoms with Crippen molar-refractivity contribution in [1.82, 2.24) is 5.32 Å². The fourth-order valence-corrected chi connectivity index (χ4v) is 4.61. The van der Waals surface area contributed by atoms with E-state index >= 15 is 0 Å². The first-order chi connectivity index (χ1) is 9.15. The lowest BCUT2D eigenvalue weighted by Crippen LogP contribution is -2.30. The zero-order valence-corrected chi connectivity index (χ0v) is 11.2. The third-order valence-corrected chi connectivity index (χ3v) is 5.49. The zero-order valence-electron chi connectivity index (χ0n) is 11.2. The normalized spacial score (nSPS) is 38.1. The minimum Gasteiger partial charge on any atom is -0.398 e. The first-order valence-electron chi connectivity index (χ1n) is 7.32. The molecule has 3 aliphatic carbocycles. The fourth-order valence-electron chi connectivity index (χ4n) is 4.61. The second-order valence-electron chi connectivity index (χ2n) is 6.58. The number of carbonyl (C=O) groups excluding carboxylic acids is 1. The van der Waals surface area contributed by atoms with E-state index in [0.29, 0.717) is 17.3 Å². The van der Waals surface area contributed by atoms with Crippen LogP contribution in [0.1, 0.15) is 35.2 Å². The van der Waals surface area contributed by atoms with Gasteiger partial charge in [-0.3, -0.25) is 4.79 Å². The van der Waals surface area contributed by atoms with Gasteiger partial charge < -0.3 is 11.1 Å². The summed E-state index contributed by atoms with van der Waals surface area (Å²) in [5.74, 6) is 3.33. The van der Waals surface area contributed by atoms with Crippen LogP contribution in [0.25, 0.3) is 0 Å². The van der Waals surface area contributed by atoms with Gasteiger partial charge in [0.25, 0.3) is 5.91 Å². The van der Waals surface area contributed by atoms with Crippen LogP contribution in [-0.2, 0) is 0 Å². The zero-order chi connectivity index (χ0) is 13.1. The van der Waals surface area contributed by atoms with E-state index in [9.17, 15) is 4.79 Å². The lowest BCUT2D eigenvalue weighted by molar-refractivity contribution is 0.0945. The highest BCUT2D eigenvalue weighted by Gasteiger charge is 2.65.